The highest BCUT2D eigenvalue weighted by atomic mass is 35.5. The number of imide groups is 1. The van der Waals surface area contributed by atoms with Crippen molar-refractivity contribution in [1.82, 2.24) is 15.2 Å². The number of nitrogens with zero attached hydrogens (tertiary/aromatic N) is 2. The van der Waals surface area contributed by atoms with Crippen molar-refractivity contribution in [3.63, 3.8) is 0 Å². The molecule has 4 rings (SSSR count). The lowest BCUT2D eigenvalue weighted by Gasteiger charge is -2.25. The molecule has 1 aliphatic rings. The van der Waals surface area contributed by atoms with Gasteiger partial charge in [0, 0.05) is 10.6 Å². The van der Waals surface area contributed by atoms with Crippen molar-refractivity contribution in [1.29, 1.82) is 0 Å². The van der Waals surface area contributed by atoms with Gasteiger partial charge in [-0.2, -0.15) is 0 Å². The Balaban J connectivity index is 1.58. The van der Waals surface area contributed by atoms with E-state index >= 15 is 0 Å². The van der Waals surface area contributed by atoms with Crippen LogP contribution in [-0.2, 0) is 16.9 Å². The number of urea groups is 1. The van der Waals surface area contributed by atoms with Crippen LogP contribution in [0.5, 0.6) is 0 Å². The summed E-state index contributed by atoms with van der Waals surface area (Å²) >= 11 is 5.91. The fourth-order valence-electron chi connectivity index (χ4n) is 3.40. The highest BCUT2D eigenvalue weighted by Crippen LogP contribution is 2.33. The summed E-state index contributed by atoms with van der Waals surface area (Å²) in [5.74, 6) is 0.523. The second kappa shape index (κ2) is 7.13. The third-order valence-corrected chi connectivity index (χ3v) is 5.20. The molecule has 1 saturated heterocycles. The average Bonchev–Trinajstić information content (AvgIpc) is 3.28. The maximum absolute atomic E-state index is 13.1. The maximum atomic E-state index is 13.1. The van der Waals surface area contributed by atoms with E-state index in [2.05, 4.69) is 10.3 Å². The van der Waals surface area contributed by atoms with Crippen LogP contribution in [0.2, 0.25) is 5.02 Å². The fourth-order valence-corrected chi connectivity index (χ4v) is 3.52. The molecular weight excluding hydrogens is 378 g/mol. The maximum Gasteiger partial charge on any atom is 0.325 e. The summed E-state index contributed by atoms with van der Waals surface area (Å²) in [5, 5.41) is 3.48. The highest BCUT2D eigenvalue weighted by molar-refractivity contribution is 6.30. The molecule has 1 fully saturated rings. The quantitative estimate of drug-likeness (QED) is 0.651. The van der Waals surface area contributed by atoms with Gasteiger partial charge in [0.1, 0.15) is 12.1 Å². The zero-order valence-electron chi connectivity index (χ0n) is 15.2. The van der Waals surface area contributed by atoms with E-state index in [1.165, 1.54) is 0 Å². The third kappa shape index (κ3) is 3.05. The van der Waals surface area contributed by atoms with Crippen LogP contribution in [0, 0.1) is 0 Å². The number of carbonyl (C=O) groups is 2. The van der Waals surface area contributed by atoms with Crippen molar-refractivity contribution < 1.29 is 14.0 Å². The standard InChI is InChI=1S/C21H18ClN3O3/c1-2-21(15-6-4-3-5-7-15)19(26)25(20(27)24-21)13-18-23-12-17(28-18)14-8-10-16(22)11-9-14/h3-12H,2,13H2,1H3,(H,24,27)/t21-/m0/s1. The van der Waals surface area contributed by atoms with E-state index in [0.29, 0.717) is 17.2 Å². The predicted molar refractivity (Wildman–Crippen MR) is 104 cm³/mol. The number of halogens is 1. The number of oxazole rings is 1. The monoisotopic (exact) mass is 395 g/mol. The highest BCUT2D eigenvalue weighted by Gasteiger charge is 2.51. The van der Waals surface area contributed by atoms with Crippen LogP contribution in [0.4, 0.5) is 4.79 Å². The van der Waals surface area contributed by atoms with E-state index in [1.54, 1.807) is 18.3 Å². The number of benzene rings is 2. The molecule has 1 N–H and O–H groups in total. The lowest BCUT2D eigenvalue weighted by Crippen LogP contribution is -2.43. The van der Waals surface area contributed by atoms with Crippen molar-refractivity contribution in [2.75, 3.05) is 0 Å². The Hall–Kier alpha value is -3.12. The van der Waals surface area contributed by atoms with Gasteiger partial charge >= 0.3 is 6.03 Å². The molecule has 7 heteroatoms. The zero-order chi connectivity index (χ0) is 19.7. The second-order valence-corrected chi connectivity index (χ2v) is 7.01. The first kappa shape index (κ1) is 18.3. The Morgan fingerprint density at radius 2 is 1.82 bits per heavy atom. The van der Waals surface area contributed by atoms with Gasteiger partial charge in [-0.05, 0) is 36.2 Å². The number of aromatic nitrogens is 1. The fraction of sp³-hybridized carbons (Fsp3) is 0.190. The number of nitrogens with one attached hydrogen (secondary N) is 1. The summed E-state index contributed by atoms with van der Waals surface area (Å²) < 4.78 is 5.75. The molecule has 1 atom stereocenters. The van der Waals surface area contributed by atoms with Crippen LogP contribution < -0.4 is 5.32 Å². The first-order valence-corrected chi connectivity index (χ1v) is 9.31. The van der Waals surface area contributed by atoms with Gasteiger partial charge in [-0.3, -0.25) is 9.69 Å². The van der Waals surface area contributed by atoms with Gasteiger partial charge in [-0.25, -0.2) is 9.78 Å². The second-order valence-electron chi connectivity index (χ2n) is 6.57. The molecule has 3 amide bonds. The first-order valence-electron chi connectivity index (χ1n) is 8.94. The Labute approximate surface area is 167 Å². The Morgan fingerprint density at radius 1 is 1.11 bits per heavy atom. The molecule has 0 spiro atoms. The number of rotatable bonds is 5. The number of amides is 3. The van der Waals surface area contributed by atoms with Gasteiger partial charge in [-0.1, -0.05) is 48.9 Å². The summed E-state index contributed by atoms with van der Waals surface area (Å²) in [6.45, 7) is 1.84. The van der Waals surface area contributed by atoms with Crippen LogP contribution in [-0.4, -0.2) is 21.8 Å². The van der Waals surface area contributed by atoms with Crippen molar-refractivity contribution in [3.05, 3.63) is 77.3 Å². The minimum absolute atomic E-state index is 0.0349. The summed E-state index contributed by atoms with van der Waals surface area (Å²) in [4.78, 5) is 31.1. The smallest absolute Gasteiger partial charge is 0.325 e. The average molecular weight is 396 g/mol. The minimum Gasteiger partial charge on any atom is -0.439 e. The van der Waals surface area contributed by atoms with E-state index in [0.717, 1.165) is 16.0 Å². The minimum atomic E-state index is -1.07. The summed E-state index contributed by atoms with van der Waals surface area (Å²) in [6.07, 6.45) is 2.01. The zero-order valence-corrected chi connectivity index (χ0v) is 15.9. The van der Waals surface area contributed by atoms with Gasteiger partial charge in [0.05, 0.1) is 6.20 Å². The Morgan fingerprint density at radius 3 is 2.50 bits per heavy atom. The SMILES string of the molecule is CC[C@@]1(c2ccccc2)NC(=O)N(Cc2ncc(-c3ccc(Cl)cc3)o2)C1=O. The Bertz CT molecular complexity index is 1020. The predicted octanol–water partition coefficient (Wildman–Crippen LogP) is 4.35. The molecule has 6 nitrogen and oxygen atoms in total. The van der Waals surface area contributed by atoms with Crippen LogP contribution >= 0.6 is 11.6 Å². The molecule has 2 heterocycles. The van der Waals surface area contributed by atoms with Crippen molar-refractivity contribution >= 4 is 23.5 Å². The molecule has 2 aromatic carbocycles. The van der Waals surface area contributed by atoms with Gasteiger partial charge in [0.15, 0.2) is 5.76 Å². The van der Waals surface area contributed by atoms with Gasteiger partial charge in [0.2, 0.25) is 5.89 Å². The van der Waals surface area contributed by atoms with E-state index in [4.69, 9.17) is 16.0 Å². The number of hydrogen-bond acceptors (Lipinski definition) is 4. The molecule has 0 aliphatic carbocycles. The molecule has 0 unspecified atom stereocenters. The van der Waals surface area contributed by atoms with Crippen LogP contribution in [0.15, 0.2) is 65.2 Å². The number of carbonyl (C=O) groups excluding carboxylic acids is 2. The molecular formula is C21H18ClN3O3. The van der Waals surface area contributed by atoms with Crippen molar-refractivity contribution in [3.8, 4) is 11.3 Å². The van der Waals surface area contributed by atoms with Gasteiger partial charge < -0.3 is 9.73 Å². The first-order chi connectivity index (χ1) is 13.5. The lowest BCUT2D eigenvalue weighted by molar-refractivity contribution is -0.132. The Kier molecular flexibility index (Phi) is 4.65. The van der Waals surface area contributed by atoms with Crippen molar-refractivity contribution in [2.24, 2.45) is 0 Å². The van der Waals surface area contributed by atoms with E-state index in [1.807, 2.05) is 49.4 Å². The van der Waals surface area contributed by atoms with Crippen LogP contribution in [0.25, 0.3) is 11.3 Å². The van der Waals surface area contributed by atoms with Crippen LogP contribution in [0.1, 0.15) is 24.8 Å². The third-order valence-electron chi connectivity index (χ3n) is 4.95. The summed E-state index contributed by atoms with van der Waals surface area (Å²) in [5.41, 5.74) is 0.504. The van der Waals surface area contributed by atoms with Crippen molar-refractivity contribution in [2.45, 2.75) is 25.4 Å². The lowest BCUT2D eigenvalue weighted by atomic mass is 9.87. The van der Waals surface area contributed by atoms with E-state index in [9.17, 15) is 9.59 Å². The van der Waals surface area contributed by atoms with E-state index < -0.39 is 11.6 Å². The van der Waals surface area contributed by atoms with Crippen LogP contribution in [0.3, 0.4) is 0 Å². The van der Waals surface area contributed by atoms with E-state index in [-0.39, 0.29) is 18.3 Å². The molecule has 1 aromatic heterocycles. The number of hydrogen-bond donors (Lipinski definition) is 1. The molecule has 0 radical (unpaired) electrons. The normalized spacial score (nSPS) is 19.1. The molecule has 0 bridgehead atoms. The summed E-state index contributed by atoms with van der Waals surface area (Å²) in [7, 11) is 0. The topological polar surface area (TPSA) is 75.4 Å². The summed E-state index contributed by atoms with van der Waals surface area (Å²) in [6, 6.07) is 15.9. The molecule has 3 aromatic rings. The largest absolute Gasteiger partial charge is 0.439 e. The molecule has 1 aliphatic heterocycles. The van der Waals surface area contributed by atoms with Gasteiger partial charge in [0.25, 0.3) is 5.91 Å². The van der Waals surface area contributed by atoms with Gasteiger partial charge in [-0.15, -0.1) is 0 Å². The molecule has 0 saturated carbocycles. The molecule has 28 heavy (non-hydrogen) atoms. The molecule has 142 valence electrons.